The predicted octanol–water partition coefficient (Wildman–Crippen LogP) is 2.87. The van der Waals surface area contributed by atoms with E-state index in [2.05, 4.69) is 0 Å². The van der Waals surface area contributed by atoms with Crippen molar-refractivity contribution in [3.8, 4) is 28.7 Å². The quantitative estimate of drug-likeness (QED) is 0.574. The normalized spacial score (nSPS) is 10.0. The van der Waals surface area contributed by atoms with Crippen molar-refractivity contribution < 1.29 is 28.5 Å². The summed E-state index contributed by atoms with van der Waals surface area (Å²) in [6.07, 6.45) is 0.106. The van der Waals surface area contributed by atoms with Crippen molar-refractivity contribution in [3.05, 3.63) is 42.0 Å². The van der Waals surface area contributed by atoms with Crippen LogP contribution in [-0.4, -0.2) is 34.4 Å². The van der Waals surface area contributed by atoms with Gasteiger partial charge in [-0.3, -0.25) is 4.79 Å². The van der Waals surface area contributed by atoms with E-state index >= 15 is 0 Å². The molecule has 0 saturated carbocycles. The lowest BCUT2D eigenvalue weighted by atomic mass is 10.1. The number of rotatable bonds is 7. The van der Waals surface area contributed by atoms with E-state index < -0.39 is 5.97 Å². The summed E-state index contributed by atoms with van der Waals surface area (Å²) in [6.45, 7) is 0. The molecule has 0 aromatic heterocycles. The van der Waals surface area contributed by atoms with Gasteiger partial charge in [-0.1, -0.05) is 6.07 Å². The molecule has 24 heavy (non-hydrogen) atoms. The molecular formula is C18H20O6. The fourth-order valence-electron chi connectivity index (χ4n) is 2.20. The third kappa shape index (κ3) is 4.10. The van der Waals surface area contributed by atoms with Gasteiger partial charge in [-0.05, 0) is 29.8 Å². The topological polar surface area (TPSA) is 63.2 Å². The zero-order chi connectivity index (χ0) is 17.5. The Kier molecular flexibility index (Phi) is 5.89. The molecule has 6 heteroatoms. The van der Waals surface area contributed by atoms with Gasteiger partial charge < -0.3 is 23.7 Å². The van der Waals surface area contributed by atoms with Crippen molar-refractivity contribution in [2.24, 2.45) is 0 Å². The molecule has 6 nitrogen and oxygen atoms in total. The van der Waals surface area contributed by atoms with Crippen LogP contribution in [0.5, 0.6) is 28.7 Å². The van der Waals surface area contributed by atoms with Gasteiger partial charge in [0.2, 0.25) is 0 Å². The lowest BCUT2D eigenvalue weighted by molar-refractivity contribution is -0.133. The molecule has 128 valence electrons. The molecule has 0 spiro atoms. The van der Waals surface area contributed by atoms with E-state index in [4.69, 9.17) is 23.7 Å². The molecule has 0 aliphatic carbocycles. The fraction of sp³-hybridized carbons (Fsp3) is 0.278. The number of ether oxygens (including phenoxy) is 5. The van der Waals surface area contributed by atoms with Crippen LogP contribution in [0, 0.1) is 0 Å². The number of methoxy groups -OCH3 is 4. The molecule has 0 aliphatic heterocycles. The van der Waals surface area contributed by atoms with Gasteiger partial charge in [0.25, 0.3) is 0 Å². The van der Waals surface area contributed by atoms with Gasteiger partial charge >= 0.3 is 5.97 Å². The Hall–Kier alpha value is -2.89. The maximum Gasteiger partial charge on any atom is 0.315 e. The molecule has 0 unspecified atom stereocenters. The largest absolute Gasteiger partial charge is 0.493 e. The summed E-state index contributed by atoms with van der Waals surface area (Å²) in [7, 11) is 6.17. The Morgan fingerprint density at radius 3 is 1.88 bits per heavy atom. The van der Waals surface area contributed by atoms with Crippen LogP contribution in [0.15, 0.2) is 36.4 Å². The van der Waals surface area contributed by atoms with Crippen LogP contribution in [-0.2, 0) is 11.2 Å². The third-order valence-electron chi connectivity index (χ3n) is 3.38. The summed E-state index contributed by atoms with van der Waals surface area (Å²) in [6, 6.07) is 10.2. The van der Waals surface area contributed by atoms with Crippen molar-refractivity contribution in [3.63, 3.8) is 0 Å². The number of carbonyl (C=O) groups is 1. The fourth-order valence-corrected chi connectivity index (χ4v) is 2.20. The molecule has 0 heterocycles. The Morgan fingerprint density at radius 1 is 0.750 bits per heavy atom. The van der Waals surface area contributed by atoms with Crippen molar-refractivity contribution >= 4 is 5.97 Å². The lowest BCUT2D eigenvalue weighted by Crippen LogP contribution is -2.11. The summed E-state index contributed by atoms with van der Waals surface area (Å²) >= 11 is 0. The van der Waals surface area contributed by atoms with E-state index in [0.717, 1.165) is 5.56 Å². The number of benzene rings is 2. The van der Waals surface area contributed by atoms with Crippen LogP contribution in [0.25, 0.3) is 0 Å². The van der Waals surface area contributed by atoms with Crippen molar-refractivity contribution in [2.75, 3.05) is 28.4 Å². The number of hydrogen-bond acceptors (Lipinski definition) is 6. The van der Waals surface area contributed by atoms with E-state index in [0.29, 0.717) is 28.7 Å². The summed E-state index contributed by atoms with van der Waals surface area (Å²) in [4.78, 5) is 12.1. The first-order valence-corrected chi connectivity index (χ1v) is 7.25. The third-order valence-corrected chi connectivity index (χ3v) is 3.38. The second kappa shape index (κ2) is 8.10. The van der Waals surface area contributed by atoms with Crippen LogP contribution >= 0.6 is 0 Å². The van der Waals surface area contributed by atoms with Gasteiger partial charge in [-0.25, -0.2) is 0 Å². The smallest absolute Gasteiger partial charge is 0.315 e. The maximum atomic E-state index is 12.1. The van der Waals surface area contributed by atoms with Crippen LogP contribution in [0.4, 0.5) is 0 Å². The zero-order valence-electron chi connectivity index (χ0n) is 14.1. The SMILES string of the molecule is COc1ccc(CC(=O)Oc2ccc(OC)c(OC)c2)cc1OC. The predicted molar refractivity (Wildman–Crippen MR) is 88.4 cm³/mol. The van der Waals surface area contributed by atoms with E-state index in [1.807, 2.05) is 0 Å². The van der Waals surface area contributed by atoms with E-state index in [-0.39, 0.29) is 6.42 Å². The minimum atomic E-state index is -0.394. The monoisotopic (exact) mass is 332 g/mol. The van der Waals surface area contributed by atoms with Crippen LogP contribution < -0.4 is 23.7 Å². The van der Waals surface area contributed by atoms with Gasteiger partial charge in [-0.15, -0.1) is 0 Å². The highest BCUT2D eigenvalue weighted by molar-refractivity contribution is 5.75. The summed E-state index contributed by atoms with van der Waals surface area (Å²) < 4.78 is 26.1. The summed E-state index contributed by atoms with van der Waals surface area (Å²) in [5.41, 5.74) is 0.762. The lowest BCUT2D eigenvalue weighted by Gasteiger charge is -2.11. The number of hydrogen-bond donors (Lipinski definition) is 0. The Bertz CT molecular complexity index is 651. The zero-order valence-corrected chi connectivity index (χ0v) is 14.1. The molecule has 0 saturated heterocycles. The summed E-state index contributed by atoms with van der Waals surface area (Å²) in [5, 5.41) is 0. The Labute approximate surface area is 140 Å². The van der Waals surface area contributed by atoms with Gasteiger partial charge in [0.05, 0.1) is 34.9 Å². The number of carbonyl (C=O) groups excluding carboxylic acids is 1. The molecule has 0 bridgehead atoms. The minimum absolute atomic E-state index is 0.106. The molecule has 2 rings (SSSR count). The second-order valence-corrected chi connectivity index (χ2v) is 4.86. The van der Waals surface area contributed by atoms with Crippen molar-refractivity contribution in [2.45, 2.75) is 6.42 Å². The molecule has 2 aromatic rings. The summed E-state index contributed by atoms with van der Waals surface area (Å²) in [5.74, 6) is 2.22. The molecule has 0 N–H and O–H groups in total. The van der Waals surface area contributed by atoms with Gasteiger partial charge in [0.1, 0.15) is 5.75 Å². The average molecular weight is 332 g/mol. The molecule has 0 radical (unpaired) electrons. The standard InChI is InChI=1S/C18H20O6/c1-20-14-7-5-12(9-16(14)22-3)10-18(19)24-13-6-8-15(21-2)17(11-13)23-4/h5-9,11H,10H2,1-4H3. The van der Waals surface area contributed by atoms with Crippen LogP contribution in [0.3, 0.4) is 0 Å². The highest BCUT2D eigenvalue weighted by atomic mass is 16.5. The van der Waals surface area contributed by atoms with E-state index in [1.54, 1.807) is 57.7 Å². The van der Waals surface area contributed by atoms with Gasteiger partial charge in [0, 0.05) is 6.07 Å². The first-order chi connectivity index (χ1) is 11.6. The van der Waals surface area contributed by atoms with E-state index in [1.165, 1.54) is 7.11 Å². The maximum absolute atomic E-state index is 12.1. The highest BCUT2D eigenvalue weighted by Gasteiger charge is 2.12. The van der Waals surface area contributed by atoms with Gasteiger partial charge in [0.15, 0.2) is 23.0 Å². The van der Waals surface area contributed by atoms with Crippen LogP contribution in [0.1, 0.15) is 5.56 Å². The molecular weight excluding hydrogens is 312 g/mol. The molecule has 0 amide bonds. The average Bonchev–Trinajstić information content (AvgIpc) is 2.61. The van der Waals surface area contributed by atoms with Crippen molar-refractivity contribution in [1.82, 2.24) is 0 Å². The Morgan fingerprint density at radius 2 is 1.29 bits per heavy atom. The van der Waals surface area contributed by atoms with Crippen LogP contribution in [0.2, 0.25) is 0 Å². The molecule has 2 aromatic carbocycles. The number of esters is 1. The minimum Gasteiger partial charge on any atom is -0.493 e. The highest BCUT2D eigenvalue weighted by Crippen LogP contribution is 2.31. The molecule has 0 fully saturated rings. The Balaban J connectivity index is 2.08. The van der Waals surface area contributed by atoms with Gasteiger partial charge in [-0.2, -0.15) is 0 Å². The second-order valence-electron chi connectivity index (χ2n) is 4.86. The van der Waals surface area contributed by atoms with E-state index in [9.17, 15) is 4.79 Å². The molecule has 0 aliphatic rings. The van der Waals surface area contributed by atoms with Crippen molar-refractivity contribution in [1.29, 1.82) is 0 Å². The first-order valence-electron chi connectivity index (χ1n) is 7.25. The molecule has 0 atom stereocenters. The first kappa shape index (κ1) is 17.5.